The largest absolute Gasteiger partial charge is 0.391 e. The maximum absolute atomic E-state index is 9.22. The molecule has 0 amide bonds. The van der Waals surface area contributed by atoms with Crippen molar-refractivity contribution in [3.8, 4) is 0 Å². The van der Waals surface area contributed by atoms with Gasteiger partial charge in [-0.2, -0.15) is 0 Å². The third kappa shape index (κ3) is 1.10. The Kier molecular flexibility index (Phi) is 1.78. The molecular weight excluding hydrogens is 114 g/mol. The Morgan fingerprint density at radius 1 is 1.56 bits per heavy atom. The minimum atomic E-state index is -0.231. The molecule has 0 aliphatic heterocycles. The first-order valence-electron chi connectivity index (χ1n) is 3.56. The summed E-state index contributed by atoms with van der Waals surface area (Å²) in [6, 6.07) is 0.0531. The second-order valence-corrected chi connectivity index (χ2v) is 3.30. The molecule has 0 heterocycles. The van der Waals surface area contributed by atoms with Gasteiger partial charge in [-0.25, -0.2) is 0 Å². The van der Waals surface area contributed by atoms with Crippen molar-refractivity contribution in [1.82, 2.24) is 0 Å². The minimum absolute atomic E-state index is 0.0531. The minimum Gasteiger partial charge on any atom is -0.391 e. The normalized spacial score (nSPS) is 43.0. The third-order valence-electron chi connectivity index (χ3n) is 2.28. The van der Waals surface area contributed by atoms with E-state index in [9.17, 15) is 5.11 Å². The van der Waals surface area contributed by atoms with Crippen LogP contribution in [0.15, 0.2) is 0 Å². The van der Waals surface area contributed by atoms with Crippen LogP contribution in [0.1, 0.15) is 20.3 Å². The third-order valence-corrected chi connectivity index (χ3v) is 2.28. The van der Waals surface area contributed by atoms with Gasteiger partial charge in [0, 0.05) is 6.04 Å². The van der Waals surface area contributed by atoms with Crippen LogP contribution >= 0.6 is 0 Å². The molecule has 0 aromatic carbocycles. The number of hydrogen-bond acceptors (Lipinski definition) is 2. The average Bonchev–Trinajstić information content (AvgIpc) is 1.81. The monoisotopic (exact) mass is 129 g/mol. The standard InChI is InChI=1S/C7H15NO/c1-4(2)5-3-6(8)7(5)9/h4-7,9H,3,8H2,1-2H3. The molecule has 1 aliphatic rings. The van der Waals surface area contributed by atoms with Crippen molar-refractivity contribution in [2.75, 3.05) is 0 Å². The predicted molar refractivity (Wildman–Crippen MR) is 36.9 cm³/mol. The van der Waals surface area contributed by atoms with Gasteiger partial charge in [0.1, 0.15) is 0 Å². The smallest absolute Gasteiger partial charge is 0.0722 e. The first-order chi connectivity index (χ1) is 4.13. The number of aliphatic hydroxyl groups is 1. The van der Waals surface area contributed by atoms with Gasteiger partial charge in [0.05, 0.1) is 6.10 Å². The van der Waals surface area contributed by atoms with Gasteiger partial charge in [0.25, 0.3) is 0 Å². The Balaban J connectivity index is 2.33. The highest BCUT2D eigenvalue weighted by molar-refractivity contribution is 4.93. The molecule has 54 valence electrons. The van der Waals surface area contributed by atoms with Gasteiger partial charge in [-0.05, 0) is 18.3 Å². The van der Waals surface area contributed by atoms with Gasteiger partial charge < -0.3 is 10.8 Å². The van der Waals surface area contributed by atoms with Crippen molar-refractivity contribution in [2.24, 2.45) is 17.6 Å². The highest BCUT2D eigenvalue weighted by atomic mass is 16.3. The van der Waals surface area contributed by atoms with Crippen molar-refractivity contribution in [1.29, 1.82) is 0 Å². The van der Waals surface area contributed by atoms with E-state index in [-0.39, 0.29) is 12.1 Å². The summed E-state index contributed by atoms with van der Waals surface area (Å²) in [5, 5.41) is 9.22. The van der Waals surface area contributed by atoms with Gasteiger partial charge in [0.15, 0.2) is 0 Å². The van der Waals surface area contributed by atoms with Crippen molar-refractivity contribution in [2.45, 2.75) is 32.4 Å². The Morgan fingerprint density at radius 3 is 2.22 bits per heavy atom. The van der Waals surface area contributed by atoms with E-state index in [1.54, 1.807) is 0 Å². The number of nitrogens with two attached hydrogens (primary N) is 1. The fraction of sp³-hybridized carbons (Fsp3) is 1.00. The Hall–Kier alpha value is -0.0800. The molecule has 1 fully saturated rings. The van der Waals surface area contributed by atoms with Crippen molar-refractivity contribution < 1.29 is 5.11 Å². The van der Waals surface area contributed by atoms with E-state index in [4.69, 9.17) is 5.73 Å². The molecule has 0 aromatic rings. The van der Waals surface area contributed by atoms with Crippen LogP contribution in [-0.4, -0.2) is 17.3 Å². The van der Waals surface area contributed by atoms with Crippen LogP contribution in [0.2, 0.25) is 0 Å². The van der Waals surface area contributed by atoms with Crippen molar-refractivity contribution >= 4 is 0 Å². The molecule has 1 rings (SSSR count). The molecular formula is C7H15NO. The summed E-state index contributed by atoms with van der Waals surface area (Å²) in [4.78, 5) is 0. The molecule has 0 saturated heterocycles. The van der Waals surface area contributed by atoms with Gasteiger partial charge in [0.2, 0.25) is 0 Å². The summed E-state index contributed by atoms with van der Waals surface area (Å²) in [6.45, 7) is 4.25. The van der Waals surface area contributed by atoms with Crippen LogP contribution in [0.5, 0.6) is 0 Å². The van der Waals surface area contributed by atoms with E-state index in [0.717, 1.165) is 6.42 Å². The average molecular weight is 129 g/mol. The fourth-order valence-corrected chi connectivity index (χ4v) is 1.38. The van der Waals surface area contributed by atoms with Gasteiger partial charge >= 0.3 is 0 Å². The predicted octanol–water partition coefficient (Wildman–Crippen LogP) is 0.350. The van der Waals surface area contributed by atoms with E-state index < -0.39 is 0 Å². The highest BCUT2D eigenvalue weighted by Gasteiger charge is 2.38. The lowest BCUT2D eigenvalue weighted by atomic mass is 9.71. The van der Waals surface area contributed by atoms with Crippen LogP contribution in [0.3, 0.4) is 0 Å². The lowest BCUT2D eigenvalue weighted by molar-refractivity contribution is -0.0226. The lowest BCUT2D eigenvalue weighted by Gasteiger charge is -2.41. The number of aliphatic hydroxyl groups excluding tert-OH is 1. The second kappa shape index (κ2) is 2.27. The van der Waals surface area contributed by atoms with E-state index >= 15 is 0 Å². The molecule has 3 unspecified atom stereocenters. The number of rotatable bonds is 1. The zero-order chi connectivity index (χ0) is 7.02. The molecule has 0 bridgehead atoms. The molecule has 9 heavy (non-hydrogen) atoms. The van der Waals surface area contributed by atoms with Crippen LogP contribution in [0.4, 0.5) is 0 Å². The molecule has 1 aliphatic carbocycles. The summed E-state index contributed by atoms with van der Waals surface area (Å²) in [5.74, 6) is 1.04. The van der Waals surface area contributed by atoms with Crippen molar-refractivity contribution in [3.63, 3.8) is 0 Å². The summed E-state index contributed by atoms with van der Waals surface area (Å²) in [7, 11) is 0. The molecule has 1 saturated carbocycles. The van der Waals surface area contributed by atoms with Crippen LogP contribution in [0, 0.1) is 11.8 Å². The zero-order valence-electron chi connectivity index (χ0n) is 6.04. The zero-order valence-corrected chi connectivity index (χ0v) is 6.04. The maximum Gasteiger partial charge on any atom is 0.0722 e. The van der Waals surface area contributed by atoms with Crippen LogP contribution in [-0.2, 0) is 0 Å². The molecule has 2 heteroatoms. The SMILES string of the molecule is CC(C)C1CC(N)C1O. The van der Waals surface area contributed by atoms with Gasteiger partial charge in [-0.3, -0.25) is 0 Å². The summed E-state index contributed by atoms with van der Waals surface area (Å²) >= 11 is 0. The van der Waals surface area contributed by atoms with E-state index in [1.807, 2.05) is 0 Å². The fourth-order valence-electron chi connectivity index (χ4n) is 1.38. The molecule has 0 aromatic heterocycles. The Labute approximate surface area is 56.1 Å². The van der Waals surface area contributed by atoms with Crippen LogP contribution < -0.4 is 5.73 Å². The summed E-state index contributed by atoms with van der Waals surface area (Å²) in [6.07, 6.45) is 0.767. The molecule has 3 N–H and O–H groups in total. The van der Waals surface area contributed by atoms with E-state index in [1.165, 1.54) is 0 Å². The quantitative estimate of drug-likeness (QED) is 0.536. The first kappa shape index (κ1) is 7.03. The van der Waals surface area contributed by atoms with Crippen LogP contribution in [0.25, 0.3) is 0 Å². The van der Waals surface area contributed by atoms with Gasteiger partial charge in [-0.1, -0.05) is 13.8 Å². The van der Waals surface area contributed by atoms with E-state index in [2.05, 4.69) is 13.8 Å². The molecule has 3 atom stereocenters. The molecule has 0 radical (unpaired) electrons. The first-order valence-corrected chi connectivity index (χ1v) is 3.56. The molecule has 0 spiro atoms. The van der Waals surface area contributed by atoms with E-state index in [0.29, 0.717) is 11.8 Å². The second-order valence-electron chi connectivity index (χ2n) is 3.30. The highest BCUT2D eigenvalue weighted by Crippen LogP contribution is 2.32. The summed E-state index contributed by atoms with van der Waals surface area (Å²) < 4.78 is 0. The van der Waals surface area contributed by atoms with Crippen molar-refractivity contribution in [3.05, 3.63) is 0 Å². The molecule has 2 nitrogen and oxygen atoms in total. The lowest BCUT2D eigenvalue weighted by Crippen LogP contribution is -2.53. The summed E-state index contributed by atoms with van der Waals surface area (Å²) in [5.41, 5.74) is 5.50. The topological polar surface area (TPSA) is 46.2 Å². The Morgan fingerprint density at radius 2 is 2.11 bits per heavy atom. The Bertz CT molecular complexity index is 103. The number of hydrogen-bond donors (Lipinski definition) is 2. The van der Waals surface area contributed by atoms with Gasteiger partial charge in [-0.15, -0.1) is 0 Å². The maximum atomic E-state index is 9.22.